The third kappa shape index (κ3) is 7.23. The summed E-state index contributed by atoms with van der Waals surface area (Å²) in [5.41, 5.74) is 9.91. The summed E-state index contributed by atoms with van der Waals surface area (Å²) in [4.78, 5) is 23.9. The SMILES string of the molecule is C.C=C/C(=C\N=C)c1ccc(-c2cc(-c3ccccc3)ccc2C(C)=O)c(O)c1.C=O.CN. The molecule has 172 valence electrons. The maximum absolute atomic E-state index is 12.2. The van der Waals surface area contributed by atoms with E-state index in [0.717, 1.165) is 22.3 Å². The van der Waals surface area contributed by atoms with Gasteiger partial charge in [-0.05, 0) is 60.6 Å². The molecule has 3 N–H and O–H groups in total. The molecule has 0 aromatic heterocycles. The Morgan fingerprint density at radius 1 is 0.939 bits per heavy atom. The molecule has 0 spiro atoms. The number of aliphatic imine (C=N–C) groups is 1. The van der Waals surface area contributed by atoms with Crippen molar-refractivity contribution in [2.24, 2.45) is 10.7 Å². The van der Waals surface area contributed by atoms with E-state index in [2.05, 4.69) is 24.0 Å². The quantitative estimate of drug-likeness (QED) is 0.270. The molecule has 0 radical (unpaired) electrons. The van der Waals surface area contributed by atoms with E-state index in [9.17, 15) is 9.90 Å². The fourth-order valence-electron chi connectivity index (χ4n) is 3.17. The standard InChI is InChI=1S/C25H21NO2.CH5N.CH2O.CH4/c1-4-18(16-26-3)21-11-13-23(25(28)15-21)24-14-20(10-12-22(24)17(2)27)19-8-6-5-7-9-19;2*1-2;/h4-16,28H,1,3H2,2H3;2H2,1H3;1H2;1H4/b18-16+;;;. The smallest absolute Gasteiger partial charge is 0.160 e. The first-order chi connectivity index (χ1) is 15.5. The molecule has 0 saturated heterocycles. The van der Waals surface area contributed by atoms with Crippen molar-refractivity contribution in [1.29, 1.82) is 0 Å². The molecular formula is C28H32N2O3. The zero-order chi connectivity index (χ0) is 24.1. The first-order valence-corrected chi connectivity index (χ1v) is 9.74. The predicted octanol–water partition coefficient (Wildman–Crippen LogP) is 6.18. The van der Waals surface area contributed by atoms with Crippen LogP contribution >= 0.6 is 0 Å². The highest BCUT2D eigenvalue weighted by Gasteiger charge is 2.15. The Morgan fingerprint density at radius 2 is 1.58 bits per heavy atom. The molecule has 3 rings (SSSR count). The van der Waals surface area contributed by atoms with Gasteiger partial charge in [0.05, 0.1) is 0 Å². The zero-order valence-electron chi connectivity index (χ0n) is 18.4. The van der Waals surface area contributed by atoms with E-state index in [1.165, 1.54) is 14.0 Å². The van der Waals surface area contributed by atoms with Crippen molar-refractivity contribution in [3.8, 4) is 28.0 Å². The number of nitrogens with two attached hydrogens (primary N) is 1. The Morgan fingerprint density at radius 3 is 2.09 bits per heavy atom. The third-order valence-electron chi connectivity index (χ3n) is 4.58. The summed E-state index contributed by atoms with van der Waals surface area (Å²) >= 11 is 0. The number of carbonyl (C=O) groups is 2. The maximum Gasteiger partial charge on any atom is 0.160 e. The lowest BCUT2D eigenvalue weighted by Gasteiger charge is -2.13. The van der Waals surface area contributed by atoms with Gasteiger partial charge in [0.25, 0.3) is 0 Å². The number of phenolic OH excluding ortho intramolecular Hbond substituents is 1. The Hall–Kier alpha value is -4.09. The van der Waals surface area contributed by atoms with E-state index in [-0.39, 0.29) is 19.0 Å². The van der Waals surface area contributed by atoms with Gasteiger partial charge in [0.15, 0.2) is 5.78 Å². The van der Waals surface area contributed by atoms with Gasteiger partial charge in [0, 0.05) is 17.3 Å². The average Bonchev–Trinajstić information content (AvgIpc) is 2.85. The second-order valence-corrected chi connectivity index (χ2v) is 6.39. The van der Waals surface area contributed by atoms with Crippen molar-refractivity contribution >= 4 is 24.9 Å². The Kier molecular flexibility index (Phi) is 13.0. The summed E-state index contributed by atoms with van der Waals surface area (Å²) < 4.78 is 0. The number of nitrogens with zero attached hydrogens (tertiary/aromatic N) is 1. The minimum absolute atomic E-state index is 0. The lowest BCUT2D eigenvalue weighted by atomic mass is 9.91. The summed E-state index contributed by atoms with van der Waals surface area (Å²) in [6.07, 6.45) is 3.23. The van der Waals surface area contributed by atoms with E-state index in [0.29, 0.717) is 16.7 Å². The summed E-state index contributed by atoms with van der Waals surface area (Å²) in [5, 5.41) is 10.7. The van der Waals surface area contributed by atoms with Crippen LogP contribution < -0.4 is 5.73 Å². The molecule has 0 saturated carbocycles. The van der Waals surface area contributed by atoms with Crippen LogP contribution in [0.15, 0.2) is 90.6 Å². The van der Waals surface area contributed by atoms with Crippen LogP contribution in [0.25, 0.3) is 27.8 Å². The highest BCUT2D eigenvalue weighted by molar-refractivity contribution is 6.02. The van der Waals surface area contributed by atoms with Crippen LogP contribution in [0.1, 0.15) is 30.3 Å². The molecule has 3 aromatic rings. The maximum atomic E-state index is 12.2. The lowest BCUT2D eigenvalue weighted by Crippen LogP contribution is -1.97. The minimum Gasteiger partial charge on any atom is -0.507 e. The first kappa shape index (κ1) is 28.9. The van der Waals surface area contributed by atoms with Crippen LogP contribution in [0, 0.1) is 0 Å². The Balaban J connectivity index is 0.00000194. The molecule has 0 atom stereocenters. The van der Waals surface area contributed by atoms with E-state index in [4.69, 9.17) is 4.79 Å². The normalized spacial score (nSPS) is 9.73. The van der Waals surface area contributed by atoms with Crippen LogP contribution in [0.2, 0.25) is 0 Å². The highest BCUT2D eigenvalue weighted by Crippen LogP contribution is 2.36. The van der Waals surface area contributed by atoms with Crippen LogP contribution in [0.5, 0.6) is 5.75 Å². The monoisotopic (exact) mass is 444 g/mol. The average molecular weight is 445 g/mol. The van der Waals surface area contributed by atoms with Crippen LogP contribution in [0.4, 0.5) is 0 Å². The van der Waals surface area contributed by atoms with Crippen molar-refractivity contribution in [3.05, 3.63) is 96.7 Å². The molecule has 0 aliphatic carbocycles. The van der Waals surface area contributed by atoms with Crippen LogP contribution in [-0.2, 0) is 4.79 Å². The third-order valence-corrected chi connectivity index (χ3v) is 4.58. The predicted molar refractivity (Wildman–Crippen MR) is 141 cm³/mol. The largest absolute Gasteiger partial charge is 0.507 e. The summed E-state index contributed by atoms with van der Waals surface area (Å²) in [6.45, 7) is 10.8. The van der Waals surface area contributed by atoms with Crippen molar-refractivity contribution in [2.75, 3.05) is 7.05 Å². The minimum atomic E-state index is -0.0550. The van der Waals surface area contributed by atoms with Gasteiger partial charge >= 0.3 is 0 Å². The van der Waals surface area contributed by atoms with E-state index >= 15 is 0 Å². The van der Waals surface area contributed by atoms with Crippen molar-refractivity contribution in [1.82, 2.24) is 0 Å². The molecule has 5 heteroatoms. The van der Waals surface area contributed by atoms with Gasteiger partial charge in [-0.15, -0.1) is 0 Å². The number of carbonyl (C=O) groups excluding carboxylic acids is 2. The van der Waals surface area contributed by atoms with Gasteiger partial charge in [0.2, 0.25) is 0 Å². The number of rotatable bonds is 6. The van der Waals surface area contributed by atoms with Gasteiger partial charge in [-0.25, -0.2) is 0 Å². The molecule has 0 aliphatic rings. The van der Waals surface area contributed by atoms with Gasteiger partial charge in [-0.2, -0.15) is 0 Å². The van der Waals surface area contributed by atoms with E-state index in [1.54, 1.807) is 18.3 Å². The van der Waals surface area contributed by atoms with Crippen molar-refractivity contribution in [2.45, 2.75) is 14.4 Å². The fraction of sp³-hybridized carbons (Fsp3) is 0.107. The molecule has 0 aliphatic heterocycles. The number of phenols is 1. The summed E-state index contributed by atoms with van der Waals surface area (Å²) in [6, 6.07) is 20.9. The number of hydrogen-bond donors (Lipinski definition) is 2. The topological polar surface area (TPSA) is 92.7 Å². The highest BCUT2D eigenvalue weighted by atomic mass is 16.3. The van der Waals surface area contributed by atoms with Gasteiger partial charge in [-0.1, -0.05) is 74.7 Å². The number of Topliss-reactive ketones (excluding diaryl/α,β-unsaturated/α-hetero) is 1. The van der Waals surface area contributed by atoms with Crippen molar-refractivity contribution in [3.63, 3.8) is 0 Å². The molecule has 0 fully saturated rings. The summed E-state index contributed by atoms with van der Waals surface area (Å²) in [7, 11) is 1.50. The number of ketones is 1. The first-order valence-electron chi connectivity index (χ1n) is 9.74. The van der Waals surface area contributed by atoms with E-state index < -0.39 is 0 Å². The molecular weight excluding hydrogens is 412 g/mol. The molecule has 0 amide bonds. The Bertz CT molecular complexity index is 1100. The van der Waals surface area contributed by atoms with E-state index in [1.807, 2.05) is 67.5 Å². The second kappa shape index (κ2) is 14.8. The number of aromatic hydroxyl groups is 1. The Labute approximate surface area is 196 Å². The molecule has 0 unspecified atom stereocenters. The van der Waals surface area contributed by atoms with Crippen molar-refractivity contribution < 1.29 is 14.7 Å². The lowest BCUT2D eigenvalue weighted by molar-refractivity contribution is -0.0980. The van der Waals surface area contributed by atoms with Gasteiger partial charge in [-0.3, -0.25) is 9.79 Å². The number of allylic oxidation sites excluding steroid dienone is 2. The van der Waals surface area contributed by atoms with Gasteiger partial charge in [0.1, 0.15) is 12.5 Å². The molecule has 5 nitrogen and oxygen atoms in total. The number of hydrogen-bond acceptors (Lipinski definition) is 5. The zero-order valence-corrected chi connectivity index (χ0v) is 18.4. The van der Waals surface area contributed by atoms with Crippen LogP contribution in [0.3, 0.4) is 0 Å². The molecule has 0 heterocycles. The van der Waals surface area contributed by atoms with Gasteiger partial charge < -0.3 is 15.6 Å². The number of benzene rings is 3. The molecule has 3 aromatic carbocycles. The second-order valence-electron chi connectivity index (χ2n) is 6.39. The van der Waals surface area contributed by atoms with Crippen LogP contribution in [-0.4, -0.2) is 31.4 Å². The molecule has 33 heavy (non-hydrogen) atoms. The molecule has 0 bridgehead atoms. The summed E-state index contributed by atoms with van der Waals surface area (Å²) in [5.74, 6) is 0.0302. The fourth-order valence-corrected chi connectivity index (χ4v) is 3.17.